The lowest BCUT2D eigenvalue weighted by atomic mass is 10.1. The number of carbonyl (C=O) groups excluding carboxylic acids is 1. The third-order valence-corrected chi connectivity index (χ3v) is 4.33. The lowest BCUT2D eigenvalue weighted by Gasteiger charge is -2.09. The first-order valence-corrected chi connectivity index (χ1v) is 8.82. The van der Waals surface area contributed by atoms with Crippen LogP contribution in [0.25, 0.3) is 10.9 Å². The quantitative estimate of drug-likeness (QED) is 0.525. The first-order chi connectivity index (χ1) is 13.3. The molecule has 132 valence electrons. The molecular formula is C23H19N3O. The highest BCUT2D eigenvalue weighted by Crippen LogP contribution is 2.17. The zero-order valence-corrected chi connectivity index (χ0v) is 14.7. The molecule has 4 nitrogen and oxygen atoms in total. The van der Waals surface area contributed by atoms with Crippen molar-refractivity contribution in [3.8, 4) is 0 Å². The fourth-order valence-corrected chi connectivity index (χ4v) is 2.88. The molecule has 4 rings (SSSR count). The van der Waals surface area contributed by atoms with Crippen LogP contribution < -0.4 is 10.6 Å². The molecule has 4 aromatic rings. The molecule has 0 aliphatic heterocycles. The van der Waals surface area contributed by atoms with Gasteiger partial charge in [-0.05, 0) is 42.0 Å². The van der Waals surface area contributed by atoms with Crippen LogP contribution in [0.4, 0.5) is 11.4 Å². The minimum Gasteiger partial charge on any atom is -0.381 e. The number of fused-ring (bicyclic) bond motifs is 1. The van der Waals surface area contributed by atoms with Crippen molar-refractivity contribution in [1.29, 1.82) is 0 Å². The Balaban J connectivity index is 1.41. The van der Waals surface area contributed by atoms with Gasteiger partial charge in [0.15, 0.2) is 0 Å². The van der Waals surface area contributed by atoms with E-state index in [1.807, 2.05) is 72.8 Å². The highest BCUT2D eigenvalue weighted by Gasteiger charge is 2.07. The number of aromatic nitrogens is 1. The average molecular weight is 353 g/mol. The predicted octanol–water partition coefficient (Wildman–Crippen LogP) is 5.10. The molecule has 0 bridgehead atoms. The van der Waals surface area contributed by atoms with E-state index in [-0.39, 0.29) is 5.91 Å². The van der Waals surface area contributed by atoms with E-state index >= 15 is 0 Å². The minimum atomic E-state index is -0.151. The molecule has 0 spiro atoms. The Bertz CT molecular complexity index is 1060. The third kappa shape index (κ3) is 4.12. The van der Waals surface area contributed by atoms with E-state index < -0.39 is 0 Å². The average Bonchev–Trinajstić information content (AvgIpc) is 2.73. The zero-order valence-electron chi connectivity index (χ0n) is 14.7. The maximum atomic E-state index is 12.5. The molecule has 1 amide bonds. The molecule has 0 saturated heterocycles. The van der Waals surface area contributed by atoms with Gasteiger partial charge in [0.25, 0.3) is 5.91 Å². The summed E-state index contributed by atoms with van der Waals surface area (Å²) in [5.41, 5.74) is 4.38. The summed E-state index contributed by atoms with van der Waals surface area (Å²) in [6.07, 6.45) is 1.68. The number of nitrogens with one attached hydrogen (secondary N) is 2. The van der Waals surface area contributed by atoms with Crippen LogP contribution in [0, 0.1) is 0 Å². The number of nitrogens with zero attached hydrogens (tertiary/aromatic N) is 1. The maximum absolute atomic E-state index is 12.5. The summed E-state index contributed by atoms with van der Waals surface area (Å²) < 4.78 is 0. The fourth-order valence-electron chi connectivity index (χ4n) is 2.88. The van der Waals surface area contributed by atoms with Crippen molar-refractivity contribution in [3.63, 3.8) is 0 Å². The largest absolute Gasteiger partial charge is 0.381 e. The van der Waals surface area contributed by atoms with Gasteiger partial charge in [0.1, 0.15) is 0 Å². The number of anilines is 2. The standard InChI is InChI=1S/C23H19N3O/c27-23(26-21-14-19-8-4-5-9-22(19)25-16-21)18-10-12-20(13-11-18)24-15-17-6-2-1-3-7-17/h1-14,16,24H,15H2,(H,26,27). The Morgan fingerprint density at radius 1 is 0.815 bits per heavy atom. The van der Waals surface area contributed by atoms with Crippen LogP contribution in [0.5, 0.6) is 0 Å². The van der Waals surface area contributed by atoms with Crippen molar-refractivity contribution >= 4 is 28.2 Å². The molecule has 0 radical (unpaired) electrons. The van der Waals surface area contributed by atoms with Gasteiger partial charge in [-0.1, -0.05) is 48.5 Å². The Labute approximate surface area is 157 Å². The summed E-state index contributed by atoms with van der Waals surface area (Å²) in [4.78, 5) is 16.9. The number of hydrogen-bond acceptors (Lipinski definition) is 3. The molecule has 4 heteroatoms. The Kier molecular flexibility index (Phi) is 4.79. The van der Waals surface area contributed by atoms with Crippen molar-refractivity contribution < 1.29 is 4.79 Å². The molecule has 0 saturated carbocycles. The highest BCUT2D eigenvalue weighted by atomic mass is 16.1. The molecule has 1 aromatic heterocycles. The van der Waals surface area contributed by atoms with E-state index in [1.165, 1.54) is 5.56 Å². The molecule has 2 N–H and O–H groups in total. The molecule has 0 aliphatic rings. The van der Waals surface area contributed by atoms with E-state index in [9.17, 15) is 4.79 Å². The van der Waals surface area contributed by atoms with Crippen LogP contribution in [0.1, 0.15) is 15.9 Å². The van der Waals surface area contributed by atoms with Crippen LogP contribution in [-0.2, 0) is 6.54 Å². The van der Waals surface area contributed by atoms with E-state index in [4.69, 9.17) is 0 Å². The molecule has 0 fully saturated rings. The van der Waals surface area contributed by atoms with E-state index in [0.717, 1.165) is 23.1 Å². The number of para-hydroxylation sites is 1. The molecule has 0 atom stereocenters. The molecule has 3 aromatic carbocycles. The second-order valence-corrected chi connectivity index (χ2v) is 6.29. The maximum Gasteiger partial charge on any atom is 0.255 e. The summed E-state index contributed by atoms with van der Waals surface area (Å²) >= 11 is 0. The van der Waals surface area contributed by atoms with Crippen LogP contribution in [0.3, 0.4) is 0 Å². The second kappa shape index (κ2) is 7.70. The van der Waals surface area contributed by atoms with Crippen LogP contribution in [0.15, 0.2) is 91.1 Å². The van der Waals surface area contributed by atoms with Gasteiger partial charge in [-0.25, -0.2) is 0 Å². The fraction of sp³-hybridized carbons (Fsp3) is 0.0435. The highest BCUT2D eigenvalue weighted by molar-refractivity contribution is 6.05. The van der Waals surface area contributed by atoms with Gasteiger partial charge in [-0.2, -0.15) is 0 Å². The van der Waals surface area contributed by atoms with Crippen LogP contribution in [-0.4, -0.2) is 10.9 Å². The summed E-state index contributed by atoms with van der Waals surface area (Å²) in [5.74, 6) is -0.151. The second-order valence-electron chi connectivity index (χ2n) is 6.29. The van der Waals surface area contributed by atoms with Gasteiger partial charge in [0, 0.05) is 23.2 Å². The predicted molar refractivity (Wildman–Crippen MR) is 110 cm³/mol. The minimum absolute atomic E-state index is 0.151. The first-order valence-electron chi connectivity index (χ1n) is 8.82. The van der Waals surface area contributed by atoms with E-state index in [0.29, 0.717) is 11.3 Å². The van der Waals surface area contributed by atoms with Gasteiger partial charge < -0.3 is 10.6 Å². The van der Waals surface area contributed by atoms with Crippen molar-refractivity contribution in [2.75, 3.05) is 10.6 Å². The number of amides is 1. The summed E-state index contributed by atoms with van der Waals surface area (Å²) in [6, 6.07) is 27.4. The molecule has 0 aliphatic carbocycles. The Morgan fingerprint density at radius 3 is 2.37 bits per heavy atom. The van der Waals surface area contributed by atoms with Crippen molar-refractivity contribution in [1.82, 2.24) is 4.98 Å². The topological polar surface area (TPSA) is 54.0 Å². The number of hydrogen-bond donors (Lipinski definition) is 2. The van der Waals surface area contributed by atoms with Crippen molar-refractivity contribution in [2.24, 2.45) is 0 Å². The van der Waals surface area contributed by atoms with Crippen molar-refractivity contribution in [2.45, 2.75) is 6.54 Å². The lowest BCUT2D eigenvalue weighted by molar-refractivity contribution is 0.102. The number of benzene rings is 3. The van der Waals surface area contributed by atoms with Crippen LogP contribution in [0.2, 0.25) is 0 Å². The van der Waals surface area contributed by atoms with Crippen molar-refractivity contribution in [3.05, 3.63) is 102 Å². The Morgan fingerprint density at radius 2 is 1.56 bits per heavy atom. The first kappa shape index (κ1) is 16.8. The van der Waals surface area contributed by atoms with Gasteiger partial charge in [0.2, 0.25) is 0 Å². The van der Waals surface area contributed by atoms with E-state index in [1.54, 1.807) is 6.20 Å². The molecular weight excluding hydrogens is 334 g/mol. The van der Waals surface area contributed by atoms with E-state index in [2.05, 4.69) is 27.8 Å². The number of pyridine rings is 1. The smallest absolute Gasteiger partial charge is 0.255 e. The van der Waals surface area contributed by atoms with Gasteiger partial charge in [-0.3, -0.25) is 9.78 Å². The lowest BCUT2D eigenvalue weighted by Crippen LogP contribution is -2.12. The normalized spacial score (nSPS) is 10.5. The third-order valence-electron chi connectivity index (χ3n) is 4.33. The summed E-state index contributed by atoms with van der Waals surface area (Å²) in [5, 5.41) is 7.26. The van der Waals surface area contributed by atoms with Gasteiger partial charge in [-0.15, -0.1) is 0 Å². The number of rotatable bonds is 5. The Hall–Kier alpha value is -3.66. The van der Waals surface area contributed by atoms with Crippen LogP contribution >= 0.6 is 0 Å². The zero-order chi connectivity index (χ0) is 18.5. The summed E-state index contributed by atoms with van der Waals surface area (Å²) in [6.45, 7) is 0.745. The summed E-state index contributed by atoms with van der Waals surface area (Å²) in [7, 11) is 0. The monoisotopic (exact) mass is 353 g/mol. The SMILES string of the molecule is O=C(Nc1cnc2ccccc2c1)c1ccc(NCc2ccccc2)cc1. The molecule has 27 heavy (non-hydrogen) atoms. The molecule has 1 heterocycles. The molecule has 0 unspecified atom stereocenters. The van der Waals surface area contributed by atoms with Gasteiger partial charge >= 0.3 is 0 Å². The van der Waals surface area contributed by atoms with Gasteiger partial charge in [0.05, 0.1) is 17.4 Å². The number of carbonyl (C=O) groups is 1.